The molecule has 0 spiro atoms. The van der Waals surface area contributed by atoms with Gasteiger partial charge < -0.3 is 15.3 Å². The van der Waals surface area contributed by atoms with Gasteiger partial charge in [-0.3, -0.25) is 0 Å². The third-order valence-electron chi connectivity index (χ3n) is 4.16. The fraction of sp³-hybridized carbons (Fsp3) is 0.150. The highest BCUT2D eigenvalue weighted by Gasteiger charge is 2.19. The van der Waals surface area contributed by atoms with E-state index in [0.29, 0.717) is 16.5 Å². The van der Waals surface area contributed by atoms with Crippen molar-refractivity contribution in [2.45, 2.75) is 13.5 Å². The molecular formula is C20H16ClN5O2. The molecule has 2 heterocycles. The minimum absolute atomic E-state index is 0.0818. The molecular weight excluding hydrogens is 378 g/mol. The number of benzene rings is 1. The molecule has 3 rings (SSSR count). The third-order valence-corrected chi connectivity index (χ3v) is 4.57. The van der Waals surface area contributed by atoms with Crippen molar-refractivity contribution in [3.63, 3.8) is 0 Å². The van der Waals surface area contributed by atoms with Crippen molar-refractivity contribution >= 4 is 29.1 Å². The normalized spacial score (nSPS) is 11.2. The summed E-state index contributed by atoms with van der Waals surface area (Å²) in [5, 5.41) is 32.8. The van der Waals surface area contributed by atoms with Gasteiger partial charge in [-0.1, -0.05) is 23.7 Å². The number of nitrogen functional groups attached to an aromatic ring is 1. The minimum atomic E-state index is -0.192. The van der Waals surface area contributed by atoms with Crippen LogP contribution in [0.1, 0.15) is 22.6 Å². The number of aliphatic hydroxyl groups excluding tert-OH is 1. The Labute approximate surface area is 166 Å². The molecule has 7 nitrogen and oxygen atoms in total. The van der Waals surface area contributed by atoms with Gasteiger partial charge in [-0.25, -0.2) is 4.68 Å². The molecule has 0 saturated carbocycles. The van der Waals surface area contributed by atoms with Crippen LogP contribution in [0.3, 0.4) is 0 Å². The predicted octanol–water partition coefficient (Wildman–Crippen LogP) is 3.62. The number of aliphatic hydroxyl groups is 1. The molecule has 140 valence electrons. The van der Waals surface area contributed by atoms with E-state index >= 15 is 0 Å². The van der Waals surface area contributed by atoms with E-state index in [1.54, 1.807) is 18.2 Å². The largest absolute Gasteiger partial charge is 0.457 e. The van der Waals surface area contributed by atoms with Gasteiger partial charge in [-0.05, 0) is 30.7 Å². The number of aryl methyl sites for hydroxylation is 1. The van der Waals surface area contributed by atoms with E-state index in [1.807, 2.05) is 31.2 Å². The molecule has 3 aromatic rings. The zero-order valence-corrected chi connectivity index (χ0v) is 15.7. The SMILES string of the molecule is Cc1ccc(-c2ccc(C=C(C#N)c3nn(CCO)c(N)c3C#N)o2)cc1Cl. The maximum absolute atomic E-state index is 9.56. The molecule has 0 aliphatic carbocycles. The number of hydrogen-bond donors (Lipinski definition) is 2. The lowest BCUT2D eigenvalue weighted by Crippen LogP contribution is -2.07. The van der Waals surface area contributed by atoms with Crippen LogP contribution in [0.15, 0.2) is 34.7 Å². The van der Waals surface area contributed by atoms with Crippen molar-refractivity contribution in [1.82, 2.24) is 9.78 Å². The highest BCUT2D eigenvalue weighted by Crippen LogP contribution is 2.29. The zero-order valence-electron chi connectivity index (χ0n) is 15.0. The molecule has 1 aromatic carbocycles. The summed E-state index contributed by atoms with van der Waals surface area (Å²) >= 11 is 6.17. The van der Waals surface area contributed by atoms with Crippen LogP contribution < -0.4 is 5.73 Å². The van der Waals surface area contributed by atoms with E-state index in [-0.39, 0.29) is 35.8 Å². The fourth-order valence-corrected chi connectivity index (χ4v) is 2.85. The molecule has 28 heavy (non-hydrogen) atoms. The van der Waals surface area contributed by atoms with Gasteiger partial charge in [-0.2, -0.15) is 15.6 Å². The molecule has 0 atom stereocenters. The fourth-order valence-electron chi connectivity index (χ4n) is 2.67. The molecule has 0 radical (unpaired) electrons. The molecule has 0 fully saturated rings. The summed E-state index contributed by atoms with van der Waals surface area (Å²) in [7, 11) is 0. The van der Waals surface area contributed by atoms with Crippen LogP contribution >= 0.6 is 11.6 Å². The number of nitrogens with two attached hydrogens (primary N) is 1. The summed E-state index contributed by atoms with van der Waals surface area (Å²) in [6, 6.07) is 13.1. The first-order chi connectivity index (χ1) is 13.5. The predicted molar refractivity (Wildman–Crippen MR) is 106 cm³/mol. The molecule has 0 aliphatic heterocycles. The number of hydrogen-bond acceptors (Lipinski definition) is 6. The van der Waals surface area contributed by atoms with Crippen molar-refractivity contribution in [3.8, 4) is 23.5 Å². The smallest absolute Gasteiger partial charge is 0.140 e. The number of nitriles is 2. The average molecular weight is 394 g/mol. The first kappa shape index (κ1) is 19.2. The number of aromatic nitrogens is 2. The van der Waals surface area contributed by atoms with E-state index in [0.717, 1.165) is 11.1 Å². The molecule has 8 heteroatoms. The van der Waals surface area contributed by atoms with E-state index in [4.69, 9.17) is 26.9 Å². The van der Waals surface area contributed by atoms with Gasteiger partial charge in [0.2, 0.25) is 0 Å². The van der Waals surface area contributed by atoms with Crippen LogP contribution in [0, 0.1) is 29.6 Å². The summed E-state index contributed by atoms with van der Waals surface area (Å²) in [5.74, 6) is 1.11. The first-order valence-electron chi connectivity index (χ1n) is 8.34. The Morgan fingerprint density at radius 2 is 2.14 bits per heavy atom. The van der Waals surface area contributed by atoms with Gasteiger partial charge in [0, 0.05) is 16.7 Å². The van der Waals surface area contributed by atoms with E-state index in [2.05, 4.69) is 5.10 Å². The number of furan rings is 1. The van der Waals surface area contributed by atoms with E-state index in [9.17, 15) is 10.5 Å². The highest BCUT2D eigenvalue weighted by atomic mass is 35.5. The quantitative estimate of drug-likeness (QED) is 0.638. The molecule has 0 saturated heterocycles. The van der Waals surface area contributed by atoms with Gasteiger partial charge in [0.1, 0.15) is 40.7 Å². The van der Waals surface area contributed by atoms with Crippen LogP contribution in [-0.4, -0.2) is 21.5 Å². The lowest BCUT2D eigenvalue weighted by molar-refractivity contribution is 0.270. The van der Waals surface area contributed by atoms with Crippen LogP contribution in [0.2, 0.25) is 5.02 Å². The lowest BCUT2D eigenvalue weighted by atomic mass is 10.1. The molecule has 0 aliphatic rings. The Morgan fingerprint density at radius 1 is 1.36 bits per heavy atom. The molecule has 0 amide bonds. The second-order valence-electron chi connectivity index (χ2n) is 6.00. The summed E-state index contributed by atoms with van der Waals surface area (Å²) in [6.07, 6.45) is 1.49. The van der Waals surface area contributed by atoms with Crippen molar-refractivity contribution in [1.29, 1.82) is 10.5 Å². The second kappa shape index (κ2) is 8.01. The highest BCUT2D eigenvalue weighted by molar-refractivity contribution is 6.31. The van der Waals surface area contributed by atoms with Gasteiger partial charge in [0.05, 0.1) is 18.7 Å². The van der Waals surface area contributed by atoms with Crippen molar-refractivity contribution < 1.29 is 9.52 Å². The average Bonchev–Trinajstić information content (AvgIpc) is 3.27. The Balaban J connectivity index is 2.00. The molecule has 3 N–H and O–H groups in total. The maximum atomic E-state index is 9.56. The lowest BCUT2D eigenvalue weighted by Gasteiger charge is -2.01. The Bertz CT molecular complexity index is 1140. The summed E-state index contributed by atoms with van der Waals surface area (Å²) < 4.78 is 7.09. The molecule has 0 unspecified atom stereocenters. The third kappa shape index (κ3) is 3.63. The number of anilines is 1. The number of halogens is 1. The van der Waals surface area contributed by atoms with Crippen LogP contribution in [0.25, 0.3) is 23.0 Å². The van der Waals surface area contributed by atoms with Crippen LogP contribution in [0.5, 0.6) is 0 Å². The number of rotatable bonds is 5. The number of nitrogens with zero attached hydrogens (tertiary/aromatic N) is 4. The van der Waals surface area contributed by atoms with Gasteiger partial charge >= 0.3 is 0 Å². The van der Waals surface area contributed by atoms with Gasteiger partial charge in [0.15, 0.2) is 0 Å². The zero-order chi connectivity index (χ0) is 20.3. The first-order valence-corrected chi connectivity index (χ1v) is 8.72. The minimum Gasteiger partial charge on any atom is -0.457 e. The van der Waals surface area contributed by atoms with Gasteiger partial charge in [0.25, 0.3) is 0 Å². The molecule has 2 aromatic heterocycles. The Hall–Kier alpha value is -3.52. The van der Waals surface area contributed by atoms with Crippen LogP contribution in [-0.2, 0) is 6.54 Å². The Kier molecular flexibility index (Phi) is 5.51. The second-order valence-corrected chi connectivity index (χ2v) is 6.41. The standard InChI is InChI=1S/C20H16ClN5O2/c1-12-2-3-13(9-17(12)21)18-5-4-15(28-18)8-14(10-22)19-16(11-23)20(24)26(25-19)6-7-27/h2-5,8-9,27H,6-7,24H2,1H3. The van der Waals surface area contributed by atoms with Crippen LogP contribution in [0.4, 0.5) is 5.82 Å². The van der Waals surface area contributed by atoms with E-state index < -0.39 is 0 Å². The summed E-state index contributed by atoms with van der Waals surface area (Å²) in [5.41, 5.74) is 8.01. The molecule has 0 bridgehead atoms. The Morgan fingerprint density at radius 3 is 2.79 bits per heavy atom. The monoisotopic (exact) mass is 393 g/mol. The topological polar surface area (TPSA) is 125 Å². The van der Waals surface area contributed by atoms with Crippen molar-refractivity contribution in [3.05, 3.63) is 57.9 Å². The van der Waals surface area contributed by atoms with E-state index in [1.165, 1.54) is 10.8 Å². The summed E-state index contributed by atoms with van der Waals surface area (Å²) in [4.78, 5) is 0. The van der Waals surface area contributed by atoms with Crippen molar-refractivity contribution in [2.24, 2.45) is 0 Å². The van der Waals surface area contributed by atoms with Gasteiger partial charge in [-0.15, -0.1) is 0 Å². The van der Waals surface area contributed by atoms with Crippen molar-refractivity contribution in [2.75, 3.05) is 12.3 Å². The number of allylic oxidation sites excluding steroid dienone is 1. The summed E-state index contributed by atoms with van der Waals surface area (Å²) in [6.45, 7) is 1.84. The maximum Gasteiger partial charge on any atom is 0.140 e.